The fraction of sp³-hybridized carbons (Fsp3) is 0.647. The molecule has 0 saturated heterocycles. The van der Waals surface area contributed by atoms with Crippen LogP contribution in [0.5, 0.6) is 0 Å². The van der Waals surface area contributed by atoms with E-state index in [9.17, 15) is 0 Å². The molecule has 0 bridgehead atoms. The molecule has 0 aliphatic heterocycles. The van der Waals surface area contributed by atoms with E-state index in [0.29, 0.717) is 6.04 Å². The van der Waals surface area contributed by atoms with E-state index in [0.717, 1.165) is 30.5 Å². The van der Waals surface area contributed by atoms with Crippen molar-refractivity contribution >= 4 is 15.9 Å². The minimum Gasteiger partial charge on any atom is -0.383 e. The third-order valence-electron chi connectivity index (χ3n) is 4.17. The number of hydrogen-bond acceptors (Lipinski definition) is 3. The monoisotopic (exact) mass is 356 g/mol. The van der Waals surface area contributed by atoms with Crippen LogP contribution in [0.25, 0.3) is 0 Å². The predicted molar refractivity (Wildman–Crippen MR) is 93.5 cm³/mol. The Morgan fingerprint density at radius 1 is 1.24 bits per heavy atom. The van der Waals surface area contributed by atoms with E-state index in [-0.39, 0.29) is 12.1 Å². The van der Waals surface area contributed by atoms with Crippen LogP contribution < -0.4 is 5.73 Å². The maximum atomic E-state index is 6.48. The summed E-state index contributed by atoms with van der Waals surface area (Å²) >= 11 is 3.69. The second-order valence-electron chi connectivity index (χ2n) is 5.53. The highest BCUT2D eigenvalue weighted by Crippen LogP contribution is 2.32. The Morgan fingerprint density at radius 2 is 1.90 bits per heavy atom. The molecule has 0 amide bonds. The Bertz CT molecular complexity index is 414. The lowest BCUT2D eigenvalue weighted by Crippen LogP contribution is -2.46. The predicted octanol–water partition coefficient (Wildman–Crippen LogP) is 3.97. The van der Waals surface area contributed by atoms with Gasteiger partial charge in [0.2, 0.25) is 0 Å². The van der Waals surface area contributed by atoms with E-state index in [1.54, 1.807) is 7.11 Å². The van der Waals surface area contributed by atoms with Gasteiger partial charge in [0, 0.05) is 30.2 Å². The van der Waals surface area contributed by atoms with Crippen LogP contribution in [0.4, 0.5) is 0 Å². The Hall–Kier alpha value is -0.420. The molecule has 3 unspecified atom stereocenters. The van der Waals surface area contributed by atoms with Gasteiger partial charge in [0.25, 0.3) is 0 Å². The maximum absolute atomic E-state index is 6.48. The van der Waals surface area contributed by atoms with Crippen molar-refractivity contribution in [3.05, 3.63) is 34.3 Å². The summed E-state index contributed by atoms with van der Waals surface area (Å²) in [5, 5.41) is 0. The summed E-state index contributed by atoms with van der Waals surface area (Å²) in [4.78, 5) is 2.48. The summed E-state index contributed by atoms with van der Waals surface area (Å²) in [5.74, 6) is 0. The SMILES string of the molecule is CCC(N)C(c1ccccc1Br)N(CCOC)C(C)CC. The lowest BCUT2D eigenvalue weighted by molar-refractivity contribution is 0.0752. The van der Waals surface area contributed by atoms with Crippen LogP contribution in [0, 0.1) is 0 Å². The van der Waals surface area contributed by atoms with Crippen molar-refractivity contribution in [1.29, 1.82) is 0 Å². The Morgan fingerprint density at radius 3 is 2.43 bits per heavy atom. The number of nitrogens with zero attached hydrogens (tertiary/aromatic N) is 1. The van der Waals surface area contributed by atoms with E-state index >= 15 is 0 Å². The zero-order chi connectivity index (χ0) is 15.8. The first-order valence-electron chi connectivity index (χ1n) is 7.81. The number of methoxy groups -OCH3 is 1. The van der Waals surface area contributed by atoms with Gasteiger partial charge in [0.1, 0.15) is 0 Å². The van der Waals surface area contributed by atoms with Gasteiger partial charge in [0.15, 0.2) is 0 Å². The number of nitrogens with two attached hydrogens (primary N) is 1. The van der Waals surface area contributed by atoms with Crippen LogP contribution in [0.1, 0.15) is 45.2 Å². The van der Waals surface area contributed by atoms with Crippen LogP contribution in [-0.4, -0.2) is 37.2 Å². The maximum Gasteiger partial charge on any atom is 0.0590 e. The average Bonchev–Trinajstić information content (AvgIpc) is 2.51. The number of halogens is 1. The highest BCUT2D eigenvalue weighted by molar-refractivity contribution is 9.10. The first-order chi connectivity index (χ1) is 10.1. The molecule has 4 heteroatoms. The highest BCUT2D eigenvalue weighted by atomic mass is 79.9. The first kappa shape index (κ1) is 18.6. The smallest absolute Gasteiger partial charge is 0.0590 e. The summed E-state index contributed by atoms with van der Waals surface area (Å²) in [5.41, 5.74) is 7.75. The molecular weight excluding hydrogens is 328 g/mol. The van der Waals surface area contributed by atoms with Gasteiger partial charge >= 0.3 is 0 Å². The Labute approximate surface area is 138 Å². The molecular formula is C17H29BrN2O. The second kappa shape index (κ2) is 9.57. The molecule has 3 nitrogen and oxygen atoms in total. The van der Waals surface area contributed by atoms with Gasteiger partial charge in [-0.1, -0.05) is 48.0 Å². The molecule has 0 radical (unpaired) electrons. The molecule has 0 heterocycles. The largest absolute Gasteiger partial charge is 0.383 e. The summed E-state index contributed by atoms with van der Waals surface area (Å²) < 4.78 is 6.43. The number of ether oxygens (including phenoxy) is 1. The third-order valence-corrected chi connectivity index (χ3v) is 4.89. The molecule has 0 aliphatic rings. The third kappa shape index (κ3) is 5.06. The molecule has 2 N–H and O–H groups in total. The summed E-state index contributed by atoms with van der Waals surface area (Å²) in [7, 11) is 1.75. The Kier molecular flexibility index (Phi) is 8.49. The number of rotatable bonds is 9. The Balaban J connectivity index is 3.16. The molecule has 1 rings (SSSR count). The van der Waals surface area contributed by atoms with Crippen LogP contribution in [-0.2, 0) is 4.74 Å². The van der Waals surface area contributed by atoms with E-state index in [1.807, 2.05) is 6.07 Å². The van der Waals surface area contributed by atoms with Crippen molar-refractivity contribution in [1.82, 2.24) is 4.90 Å². The van der Waals surface area contributed by atoms with Gasteiger partial charge in [-0.15, -0.1) is 0 Å². The fourth-order valence-electron chi connectivity index (χ4n) is 2.66. The highest BCUT2D eigenvalue weighted by Gasteiger charge is 2.29. The van der Waals surface area contributed by atoms with Crippen LogP contribution in [0.3, 0.4) is 0 Å². The van der Waals surface area contributed by atoms with E-state index in [1.165, 1.54) is 5.56 Å². The van der Waals surface area contributed by atoms with Crippen LogP contribution in [0.2, 0.25) is 0 Å². The molecule has 0 fully saturated rings. The average molecular weight is 357 g/mol. The van der Waals surface area contributed by atoms with Crippen molar-refractivity contribution in [2.75, 3.05) is 20.3 Å². The topological polar surface area (TPSA) is 38.5 Å². The lowest BCUT2D eigenvalue weighted by Gasteiger charge is -2.39. The molecule has 1 aromatic carbocycles. The lowest BCUT2D eigenvalue weighted by atomic mass is 9.94. The van der Waals surface area contributed by atoms with Crippen molar-refractivity contribution in [2.45, 2.75) is 51.7 Å². The van der Waals surface area contributed by atoms with Gasteiger partial charge in [-0.3, -0.25) is 4.90 Å². The summed E-state index contributed by atoms with van der Waals surface area (Å²) in [6.07, 6.45) is 2.05. The number of benzene rings is 1. The number of hydrogen-bond donors (Lipinski definition) is 1. The van der Waals surface area contributed by atoms with E-state index in [4.69, 9.17) is 10.5 Å². The van der Waals surface area contributed by atoms with Crippen LogP contribution >= 0.6 is 15.9 Å². The molecule has 0 spiro atoms. The van der Waals surface area contributed by atoms with E-state index < -0.39 is 0 Å². The van der Waals surface area contributed by atoms with Gasteiger partial charge in [-0.25, -0.2) is 0 Å². The standard InChI is InChI=1S/C17H29BrN2O/c1-5-13(3)20(11-12-21-4)17(16(19)6-2)14-9-7-8-10-15(14)18/h7-10,13,16-17H,5-6,11-12,19H2,1-4H3. The van der Waals surface area contributed by atoms with Crippen molar-refractivity contribution < 1.29 is 4.74 Å². The first-order valence-corrected chi connectivity index (χ1v) is 8.60. The molecule has 3 atom stereocenters. The molecule has 1 aromatic rings. The second-order valence-corrected chi connectivity index (χ2v) is 6.38. The molecule has 0 aromatic heterocycles. The molecule has 21 heavy (non-hydrogen) atoms. The van der Waals surface area contributed by atoms with Gasteiger partial charge < -0.3 is 10.5 Å². The van der Waals surface area contributed by atoms with Gasteiger partial charge in [0.05, 0.1) is 12.6 Å². The minimum absolute atomic E-state index is 0.106. The van der Waals surface area contributed by atoms with Crippen LogP contribution in [0.15, 0.2) is 28.7 Å². The van der Waals surface area contributed by atoms with Crippen molar-refractivity contribution in [3.8, 4) is 0 Å². The molecule has 0 aliphatic carbocycles. The van der Waals surface area contributed by atoms with Gasteiger partial charge in [-0.2, -0.15) is 0 Å². The quantitative estimate of drug-likeness (QED) is 0.727. The zero-order valence-corrected chi connectivity index (χ0v) is 15.3. The van der Waals surface area contributed by atoms with Crippen molar-refractivity contribution in [2.24, 2.45) is 5.73 Å². The fourth-order valence-corrected chi connectivity index (χ4v) is 3.18. The van der Waals surface area contributed by atoms with E-state index in [2.05, 4.69) is 59.8 Å². The normalized spacial score (nSPS) is 16.0. The molecule has 120 valence electrons. The summed E-state index contributed by atoms with van der Waals surface area (Å²) in [6, 6.07) is 9.17. The molecule has 0 saturated carbocycles. The minimum atomic E-state index is 0.106. The van der Waals surface area contributed by atoms with Crippen molar-refractivity contribution in [3.63, 3.8) is 0 Å². The van der Waals surface area contributed by atoms with Gasteiger partial charge in [-0.05, 0) is 31.4 Å². The zero-order valence-electron chi connectivity index (χ0n) is 13.7. The summed E-state index contributed by atoms with van der Waals surface area (Å²) in [6.45, 7) is 8.26.